The van der Waals surface area contributed by atoms with Crippen LogP contribution in [0, 0.1) is 0 Å². The zero-order chi connectivity index (χ0) is 20.8. The van der Waals surface area contributed by atoms with Crippen molar-refractivity contribution in [3.05, 3.63) is 109 Å². The molecule has 0 saturated carbocycles. The van der Waals surface area contributed by atoms with Crippen molar-refractivity contribution >= 4 is 35.7 Å². The molecule has 4 rings (SSSR count). The zero-order valence-corrected chi connectivity index (χ0v) is 17.5. The highest BCUT2D eigenvalue weighted by Gasteiger charge is 2.19. The number of ether oxygens (including phenoxy) is 1. The molecule has 0 radical (unpaired) electrons. The van der Waals surface area contributed by atoms with E-state index in [0.29, 0.717) is 11.3 Å². The Hall–Kier alpha value is -3.42. The average Bonchev–Trinajstić information content (AvgIpc) is 2.81. The fourth-order valence-electron chi connectivity index (χ4n) is 3.29. The van der Waals surface area contributed by atoms with Gasteiger partial charge in [-0.25, -0.2) is 0 Å². The summed E-state index contributed by atoms with van der Waals surface area (Å²) in [5, 5.41) is 14.1. The molecule has 0 amide bonds. The van der Waals surface area contributed by atoms with Gasteiger partial charge in [-0.1, -0.05) is 84.9 Å². The van der Waals surface area contributed by atoms with Crippen molar-refractivity contribution in [3.8, 4) is 11.5 Å². The predicted molar refractivity (Wildman–Crippen MR) is 127 cm³/mol. The van der Waals surface area contributed by atoms with E-state index in [0.717, 1.165) is 5.69 Å². The molecule has 1 N–H and O–H groups in total. The normalized spacial score (nSPS) is 11.1. The molecule has 0 unspecified atom stereocenters. The standard InChI is InChI=1S/C26H22NO2P/c1-29-24-17-10-11-20(26(24)28)19-27-23-16-8-9-18-25(23)30(21-12-4-2-5-13-21)22-14-6-3-7-15-22/h2-19,28H,1H3. The van der Waals surface area contributed by atoms with Crippen LogP contribution in [0.5, 0.6) is 11.5 Å². The topological polar surface area (TPSA) is 41.8 Å². The Morgan fingerprint density at radius 2 is 1.33 bits per heavy atom. The maximum absolute atomic E-state index is 10.4. The van der Waals surface area contributed by atoms with Crippen LogP contribution in [-0.4, -0.2) is 18.4 Å². The molecule has 0 saturated heterocycles. The molecule has 0 aromatic heterocycles. The number of aliphatic imine (C=N–C) groups is 1. The highest BCUT2D eigenvalue weighted by Crippen LogP contribution is 2.36. The maximum Gasteiger partial charge on any atom is 0.166 e. The molecule has 0 aliphatic heterocycles. The lowest BCUT2D eigenvalue weighted by Crippen LogP contribution is -2.20. The lowest BCUT2D eigenvalue weighted by atomic mass is 10.2. The fourth-order valence-corrected chi connectivity index (χ4v) is 5.68. The SMILES string of the molecule is COc1cccc(C=Nc2ccccc2P(c2ccccc2)c2ccccc2)c1O. The molecule has 0 heterocycles. The fraction of sp³-hybridized carbons (Fsp3) is 0.0385. The molecule has 0 spiro atoms. The van der Waals surface area contributed by atoms with E-state index >= 15 is 0 Å². The Morgan fingerprint density at radius 3 is 1.97 bits per heavy atom. The highest BCUT2D eigenvalue weighted by molar-refractivity contribution is 7.80. The summed E-state index contributed by atoms with van der Waals surface area (Å²) < 4.78 is 5.21. The number of para-hydroxylation sites is 2. The third-order valence-electron chi connectivity index (χ3n) is 4.74. The van der Waals surface area contributed by atoms with Gasteiger partial charge in [-0.2, -0.15) is 0 Å². The summed E-state index contributed by atoms with van der Waals surface area (Å²) in [7, 11) is 0.775. The van der Waals surface area contributed by atoms with Gasteiger partial charge >= 0.3 is 0 Å². The molecule has 4 aromatic rings. The molecule has 0 fully saturated rings. The third kappa shape index (κ3) is 4.27. The first kappa shape index (κ1) is 19.9. The number of nitrogens with zero attached hydrogens (tertiary/aromatic N) is 1. The Labute approximate surface area is 178 Å². The second-order valence-corrected chi connectivity index (χ2v) is 8.84. The van der Waals surface area contributed by atoms with E-state index in [1.807, 2.05) is 36.4 Å². The summed E-state index contributed by atoms with van der Waals surface area (Å²) in [6, 6.07) is 34.7. The minimum absolute atomic E-state index is 0.0922. The number of benzene rings is 4. The van der Waals surface area contributed by atoms with E-state index in [2.05, 4.69) is 60.7 Å². The number of phenols is 1. The maximum atomic E-state index is 10.4. The summed E-state index contributed by atoms with van der Waals surface area (Å²) in [5.41, 5.74) is 1.51. The van der Waals surface area contributed by atoms with Crippen molar-refractivity contribution in [3.63, 3.8) is 0 Å². The van der Waals surface area contributed by atoms with Gasteiger partial charge in [-0.15, -0.1) is 0 Å². The summed E-state index contributed by atoms with van der Waals surface area (Å²) >= 11 is 0. The molecule has 0 aliphatic carbocycles. The average molecular weight is 411 g/mol. The van der Waals surface area contributed by atoms with Crippen LogP contribution in [0.15, 0.2) is 108 Å². The molecule has 4 heteroatoms. The van der Waals surface area contributed by atoms with Crippen LogP contribution in [0.25, 0.3) is 0 Å². The Bertz CT molecular complexity index is 1100. The van der Waals surface area contributed by atoms with Gasteiger partial charge in [0.2, 0.25) is 0 Å². The Morgan fingerprint density at radius 1 is 0.733 bits per heavy atom. The minimum Gasteiger partial charge on any atom is -0.504 e. The van der Waals surface area contributed by atoms with E-state index in [9.17, 15) is 5.11 Å². The summed E-state index contributed by atoms with van der Waals surface area (Å²) in [5.74, 6) is 0.526. The van der Waals surface area contributed by atoms with E-state index in [4.69, 9.17) is 9.73 Å². The second-order valence-electron chi connectivity index (χ2n) is 6.65. The summed E-state index contributed by atoms with van der Waals surface area (Å²) in [4.78, 5) is 4.76. The quantitative estimate of drug-likeness (QED) is 0.362. The number of rotatable bonds is 6. The molecule has 30 heavy (non-hydrogen) atoms. The molecule has 3 nitrogen and oxygen atoms in total. The molecule has 148 valence electrons. The molecule has 0 atom stereocenters. The van der Waals surface area contributed by atoms with Crippen molar-refractivity contribution in [2.24, 2.45) is 4.99 Å². The lowest BCUT2D eigenvalue weighted by Gasteiger charge is -2.20. The van der Waals surface area contributed by atoms with Crippen LogP contribution in [0.3, 0.4) is 0 Å². The summed E-state index contributed by atoms with van der Waals surface area (Å²) in [6.07, 6.45) is 1.69. The molecule has 0 aliphatic rings. The Balaban J connectivity index is 1.80. The number of phenolic OH excluding ortho intramolecular Hbond substituents is 1. The lowest BCUT2D eigenvalue weighted by molar-refractivity contribution is 0.373. The van der Waals surface area contributed by atoms with Crippen LogP contribution in [0.4, 0.5) is 5.69 Å². The zero-order valence-electron chi connectivity index (χ0n) is 16.6. The largest absolute Gasteiger partial charge is 0.504 e. The first-order chi connectivity index (χ1) is 14.8. The van der Waals surface area contributed by atoms with Gasteiger partial charge in [0.05, 0.1) is 12.8 Å². The highest BCUT2D eigenvalue weighted by atomic mass is 31.1. The first-order valence-electron chi connectivity index (χ1n) is 9.67. The van der Waals surface area contributed by atoms with Crippen molar-refractivity contribution in [1.82, 2.24) is 0 Å². The van der Waals surface area contributed by atoms with E-state index in [1.54, 1.807) is 12.3 Å². The van der Waals surface area contributed by atoms with Gasteiger partial charge < -0.3 is 9.84 Å². The third-order valence-corrected chi connectivity index (χ3v) is 7.23. The van der Waals surface area contributed by atoms with Crippen LogP contribution < -0.4 is 20.7 Å². The van der Waals surface area contributed by atoms with Crippen LogP contribution in [0.1, 0.15) is 5.56 Å². The minimum atomic E-state index is -0.765. The van der Waals surface area contributed by atoms with Gasteiger partial charge in [-0.05, 0) is 36.7 Å². The number of hydrogen-bond donors (Lipinski definition) is 1. The number of aromatic hydroxyl groups is 1. The van der Waals surface area contributed by atoms with Crippen LogP contribution in [-0.2, 0) is 0 Å². The van der Waals surface area contributed by atoms with Gasteiger partial charge in [0.25, 0.3) is 0 Å². The van der Waals surface area contributed by atoms with Crippen LogP contribution in [0.2, 0.25) is 0 Å². The predicted octanol–water partition coefficient (Wildman–Crippen LogP) is 4.91. The van der Waals surface area contributed by atoms with Crippen LogP contribution >= 0.6 is 7.92 Å². The van der Waals surface area contributed by atoms with E-state index < -0.39 is 7.92 Å². The van der Waals surface area contributed by atoms with Crippen molar-refractivity contribution in [2.75, 3.05) is 7.11 Å². The molecular weight excluding hydrogens is 389 g/mol. The van der Waals surface area contributed by atoms with Crippen molar-refractivity contribution in [2.45, 2.75) is 0 Å². The smallest absolute Gasteiger partial charge is 0.166 e. The molecule has 4 aromatic carbocycles. The molecule has 0 bridgehead atoms. The van der Waals surface area contributed by atoms with Gasteiger partial charge in [0.1, 0.15) is 0 Å². The van der Waals surface area contributed by atoms with Crippen molar-refractivity contribution < 1.29 is 9.84 Å². The molecular formula is C26H22NO2P. The number of hydrogen-bond acceptors (Lipinski definition) is 3. The van der Waals surface area contributed by atoms with Gasteiger partial charge in [0, 0.05) is 17.1 Å². The van der Waals surface area contributed by atoms with E-state index in [-0.39, 0.29) is 5.75 Å². The monoisotopic (exact) mass is 411 g/mol. The number of methoxy groups -OCH3 is 1. The summed E-state index contributed by atoms with van der Waals surface area (Å²) in [6.45, 7) is 0. The van der Waals surface area contributed by atoms with Gasteiger partial charge in [-0.3, -0.25) is 4.99 Å². The van der Waals surface area contributed by atoms with Gasteiger partial charge in [0.15, 0.2) is 11.5 Å². The van der Waals surface area contributed by atoms with Crippen molar-refractivity contribution in [1.29, 1.82) is 0 Å². The Kier molecular flexibility index (Phi) is 6.22. The van der Waals surface area contributed by atoms with E-state index in [1.165, 1.54) is 23.0 Å². The first-order valence-corrected chi connectivity index (χ1v) is 11.0. The second kappa shape index (κ2) is 9.39.